The van der Waals surface area contributed by atoms with Crippen molar-refractivity contribution < 1.29 is 0 Å². The van der Waals surface area contributed by atoms with Gasteiger partial charge in [0, 0.05) is 34.1 Å². The first-order valence-electron chi connectivity index (χ1n) is 18.5. The maximum atomic E-state index is 2.41. The van der Waals surface area contributed by atoms with E-state index in [1.807, 2.05) is 0 Å². The molecule has 2 nitrogen and oxygen atoms in total. The van der Waals surface area contributed by atoms with E-state index in [0.29, 0.717) is 5.92 Å². The summed E-state index contributed by atoms with van der Waals surface area (Å²) in [4.78, 5) is 4.76. The number of anilines is 5. The van der Waals surface area contributed by atoms with E-state index in [9.17, 15) is 0 Å². The molecule has 0 bridgehead atoms. The van der Waals surface area contributed by atoms with Gasteiger partial charge in [0.2, 0.25) is 0 Å². The molecule has 1 atom stereocenters. The van der Waals surface area contributed by atoms with E-state index in [2.05, 4.69) is 223 Å². The number of nitrogens with zero attached hydrogens (tertiary/aromatic N) is 2. The van der Waals surface area contributed by atoms with Crippen molar-refractivity contribution in [1.82, 2.24) is 0 Å². The Balaban J connectivity index is 1.36. The van der Waals surface area contributed by atoms with Crippen molar-refractivity contribution in [2.24, 2.45) is 5.92 Å². The molecule has 0 spiro atoms. The van der Waals surface area contributed by atoms with Crippen LogP contribution < -0.4 is 9.80 Å². The number of fused-ring (bicyclic) bond motifs is 2. The molecule has 0 amide bonds. The smallest absolute Gasteiger partial charge is 0.0468 e. The Hall–Kier alpha value is -6.64. The zero-order valence-electron chi connectivity index (χ0n) is 29.8. The van der Waals surface area contributed by atoms with Crippen molar-refractivity contribution in [2.45, 2.75) is 13.3 Å². The fourth-order valence-corrected chi connectivity index (χ4v) is 7.82. The molecule has 9 rings (SSSR count). The summed E-state index contributed by atoms with van der Waals surface area (Å²) in [5, 5.41) is 4.90. The molecule has 8 aromatic carbocycles. The average molecular weight is 681 g/mol. The highest BCUT2D eigenvalue weighted by Crippen LogP contribution is 2.48. The van der Waals surface area contributed by atoms with Crippen LogP contribution in [0.3, 0.4) is 0 Å². The predicted molar refractivity (Wildman–Crippen MR) is 227 cm³/mol. The van der Waals surface area contributed by atoms with Crippen molar-refractivity contribution in [1.29, 1.82) is 0 Å². The molecular weight excluding hydrogens is 641 g/mol. The molecule has 0 heterocycles. The van der Waals surface area contributed by atoms with Gasteiger partial charge in [-0.05, 0) is 123 Å². The van der Waals surface area contributed by atoms with Crippen molar-refractivity contribution >= 4 is 50.0 Å². The molecule has 0 saturated carbocycles. The van der Waals surface area contributed by atoms with Gasteiger partial charge >= 0.3 is 0 Å². The maximum absolute atomic E-state index is 2.41. The normalized spacial score (nSPS) is 13.9. The molecule has 1 unspecified atom stereocenters. The lowest BCUT2D eigenvalue weighted by Crippen LogP contribution is -2.17. The lowest BCUT2D eigenvalue weighted by Gasteiger charge is -2.29. The van der Waals surface area contributed by atoms with E-state index < -0.39 is 0 Å². The highest BCUT2D eigenvalue weighted by molar-refractivity contribution is 6.22. The molecule has 0 aromatic heterocycles. The second kappa shape index (κ2) is 14.2. The van der Waals surface area contributed by atoms with E-state index in [0.717, 1.165) is 34.9 Å². The van der Waals surface area contributed by atoms with Crippen LogP contribution in [0.4, 0.5) is 28.4 Å². The zero-order chi connectivity index (χ0) is 35.6. The molecule has 0 saturated heterocycles. The van der Waals surface area contributed by atoms with Crippen LogP contribution in [0.1, 0.15) is 13.3 Å². The number of allylic oxidation sites excluding steroid dienone is 3. The first-order chi connectivity index (χ1) is 26.2. The van der Waals surface area contributed by atoms with E-state index in [1.54, 1.807) is 0 Å². The number of hydrogen-bond donors (Lipinski definition) is 0. The van der Waals surface area contributed by atoms with Gasteiger partial charge in [0.15, 0.2) is 0 Å². The molecule has 0 radical (unpaired) electrons. The summed E-state index contributed by atoms with van der Waals surface area (Å²) < 4.78 is 0. The summed E-state index contributed by atoms with van der Waals surface area (Å²) in [6, 6.07) is 68.0. The number of hydrogen-bond acceptors (Lipinski definition) is 2. The van der Waals surface area contributed by atoms with Gasteiger partial charge in [-0.1, -0.05) is 146 Å². The van der Waals surface area contributed by atoms with E-state index >= 15 is 0 Å². The second-order valence-electron chi connectivity index (χ2n) is 13.8. The summed E-state index contributed by atoms with van der Waals surface area (Å²) in [6.07, 6.45) is 8.01. The molecular formula is C51H40N2. The van der Waals surface area contributed by atoms with Crippen LogP contribution in [0.15, 0.2) is 212 Å². The summed E-state index contributed by atoms with van der Waals surface area (Å²) >= 11 is 0. The molecule has 2 heteroatoms. The van der Waals surface area contributed by atoms with E-state index in [-0.39, 0.29) is 0 Å². The summed E-state index contributed by atoms with van der Waals surface area (Å²) in [6.45, 7) is 2.28. The van der Waals surface area contributed by atoms with Crippen LogP contribution in [0, 0.1) is 5.92 Å². The number of para-hydroxylation sites is 3. The Kier molecular flexibility index (Phi) is 8.63. The molecule has 1 aliphatic carbocycles. The molecule has 8 aromatic rings. The van der Waals surface area contributed by atoms with Gasteiger partial charge in [0.1, 0.15) is 0 Å². The SMILES string of the molecule is CC1C=CC(N(c2ccccc2)c2ccc3c(-c4ccccc4)c4cc(N(c5ccccc5)c5ccccc5)ccc4c(-c4ccccc4)c3c2)=CC1. The van der Waals surface area contributed by atoms with Crippen LogP contribution in [0.25, 0.3) is 43.8 Å². The van der Waals surface area contributed by atoms with Gasteiger partial charge in [0.25, 0.3) is 0 Å². The van der Waals surface area contributed by atoms with Gasteiger partial charge in [0.05, 0.1) is 0 Å². The molecule has 53 heavy (non-hydrogen) atoms. The third-order valence-electron chi connectivity index (χ3n) is 10.3. The fourth-order valence-electron chi connectivity index (χ4n) is 7.82. The van der Waals surface area contributed by atoms with Gasteiger partial charge in [-0.15, -0.1) is 0 Å². The highest BCUT2D eigenvalue weighted by Gasteiger charge is 2.22. The van der Waals surface area contributed by atoms with Crippen LogP contribution >= 0.6 is 0 Å². The Labute approximate surface area is 312 Å². The first kappa shape index (κ1) is 32.3. The van der Waals surface area contributed by atoms with Gasteiger partial charge < -0.3 is 9.80 Å². The van der Waals surface area contributed by atoms with Crippen molar-refractivity contribution in [2.75, 3.05) is 9.80 Å². The van der Waals surface area contributed by atoms with E-state index in [4.69, 9.17) is 0 Å². The highest BCUT2D eigenvalue weighted by atomic mass is 15.1. The Bertz CT molecular complexity index is 2540. The Morgan fingerprint density at radius 1 is 0.396 bits per heavy atom. The third kappa shape index (κ3) is 6.19. The largest absolute Gasteiger partial charge is 0.311 e. The minimum absolute atomic E-state index is 0.530. The minimum atomic E-state index is 0.530. The van der Waals surface area contributed by atoms with Crippen LogP contribution in [0.2, 0.25) is 0 Å². The molecule has 0 aliphatic heterocycles. The Morgan fingerprint density at radius 3 is 1.21 bits per heavy atom. The first-order valence-corrected chi connectivity index (χ1v) is 18.5. The molecule has 0 fully saturated rings. The maximum Gasteiger partial charge on any atom is 0.0468 e. The fraction of sp³-hybridized carbons (Fsp3) is 0.0588. The lowest BCUT2D eigenvalue weighted by molar-refractivity contribution is 0.728. The number of benzene rings is 8. The van der Waals surface area contributed by atoms with Crippen LogP contribution in [-0.2, 0) is 0 Å². The third-order valence-corrected chi connectivity index (χ3v) is 10.3. The lowest BCUT2D eigenvalue weighted by atomic mass is 9.85. The standard InChI is InChI=1S/C51H40N2/c1-37-27-29-43(30-28-37)53(42-25-15-6-16-26-42)45-32-34-47-49(36-45)51(39-19-9-3-10-20-39)46-33-31-44(35-48(46)50(47)38-17-7-2-8-18-38)52(40-21-11-4-12-22-40)41-23-13-5-14-24-41/h2-27,29-37H,28H2,1H3. The monoisotopic (exact) mass is 680 g/mol. The van der Waals surface area contributed by atoms with Crippen LogP contribution in [0.5, 0.6) is 0 Å². The van der Waals surface area contributed by atoms with Crippen LogP contribution in [-0.4, -0.2) is 0 Å². The summed E-state index contributed by atoms with van der Waals surface area (Å²) in [5.41, 5.74) is 11.7. The molecule has 0 N–H and O–H groups in total. The molecule has 1 aliphatic rings. The van der Waals surface area contributed by atoms with Crippen molar-refractivity contribution in [3.05, 3.63) is 212 Å². The van der Waals surface area contributed by atoms with Crippen molar-refractivity contribution in [3.63, 3.8) is 0 Å². The number of rotatable bonds is 8. The second-order valence-corrected chi connectivity index (χ2v) is 13.8. The Morgan fingerprint density at radius 2 is 0.792 bits per heavy atom. The summed E-state index contributed by atoms with van der Waals surface area (Å²) in [5.74, 6) is 0.530. The topological polar surface area (TPSA) is 6.48 Å². The van der Waals surface area contributed by atoms with Gasteiger partial charge in [-0.2, -0.15) is 0 Å². The molecule has 254 valence electrons. The van der Waals surface area contributed by atoms with Crippen molar-refractivity contribution in [3.8, 4) is 22.3 Å². The van der Waals surface area contributed by atoms with E-state index in [1.165, 1.54) is 49.5 Å². The van der Waals surface area contributed by atoms with Gasteiger partial charge in [-0.25, -0.2) is 0 Å². The summed E-state index contributed by atoms with van der Waals surface area (Å²) in [7, 11) is 0. The van der Waals surface area contributed by atoms with Gasteiger partial charge in [-0.3, -0.25) is 0 Å². The predicted octanol–water partition coefficient (Wildman–Crippen LogP) is 14.4. The average Bonchev–Trinajstić information content (AvgIpc) is 3.23. The zero-order valence-corrected chi connectivity index (χ0v) is 29.8. The quantitative estimate of drug-likeness (QED) is 0.147. The minimum Gasteiger partial charge on any atom is -0.311 e.